The molecule has 3 heteroatoms. The molecule has 1 aromatic rings. The zero-order chi connectivity index (χ0) is 13.5. The second kappa shape index (κ2) is 4.78. The van der Waals surface area contributed by atoms with Crippen LogP contribution >= 0.6 is 11.8 Å². The summed E-state index contributed by atoms with van der Waals surface area (Å²) in [4.78, 5) is 3.78. The van der Waals surface area contributed by atoms with Crippen LogP contribution in [0.25, 0.3) is 0 Å². The third kappa shape index (κ3) is 2.26. The van der Waals surface area contributed by atoms with E-state index in [1.165, 1.54) is 16.1 Å². The standard InChI is InChI=1S/C15H24N2S/c1-10-13(9-16)18-12-8-6-7-11(15(2,3)4)14(12)17(10)5/h6-8,10,13H,9,16H2,1-5H3. The minimum Gasteiger partial charge on any atom is -0.370 e. The molecule has 1 heterocycles. The molecule has 0 saturated carbocycles. The fourth-order valence-corrected chi connectivity index (χ4v) is 3.87. The van der Waals surface area contributed by atoms with Crippen molar-refractivity contribution < 1.29 is 0 Å². The first-order chi connectivity index (χ1) is 8.36. The summed E-state index contributed by atoms with van der Waals surface area (Å²) >= 11 is 1.93. The average Bonchev–Trinajstić information content (AvgIpc) is 2.31. The van der Waals surface area contributed by atoms with Crippen molar-refractivity contribution in [2.24, 2.45) is 5.73 Å². The number of hydrogen-bond acceptors (Lipinski definition) is 3. The molecule has 0 spiro atoms. The number of benzene rings is 1. The van der Waals surface area contributed by atoms with Crippen LogP contribution < -0.4 is 10.6 Å². The van der Waals surface area contributed by atoms with E-state index in [1.54, 1.807) is 0 Å². The van der Waals surface area contributed by atoms with E-state index in [2.05, 4.69) is 57.8 Å². The van der Waals surface area contributed by atoms with E-state index in [9.17, 15) is 0 Å². The van der Waals surface area contributed by atoms with E-state index in [-0.39, 0.29) is 5.41 Å². The van der Waals surface area contributed by atoms with Crippen molar-refractivity contribution >= 4 is 17.4 Å². The molecule has 18 heavy (non-hydrogen) atoms. The molecule has 0 aliphatic carbocycles. The van der Waals surface area contributed by atoms with Gasteiger partial charge < -0.3 is 10.6 Å². The third-order valence-electron chi connectivity index (χ3n) is 3.82. The Kier molecular flexibility index (Phi) is 3.65. The van der Waals surface area contributed by atoms with Gasteiger partial charge in [-0.05, 0) is 24.0 Å². The fraction of sp³-hybridized carbons (Fsp3) is 0.600. The molecule has 2 rings (SSSR count). The van der Waals surface area contributed by atoms with Crippen molar-refractivity contribution in [1.82, 2.24) is 0 Å². The van der Waals surface area contributed by atoms with E-state index < -0.39 is 0 Å². The fourth-order valence-electron chi connectivity index (χ4n) is 2.55. The van der Waals surface area contributed by atoms with Crippen LogP contribution in [-0.4, -0.2) is 24.9 Å². The van der Waals surface area contributed by atoms with Gasteiger partial charge >= 0.3 is 0 Å². The molecule has 2 nitrogen and oxygen atoms in total. The Morgan fingerprint density at radius 2 is 2.00 bits per heavy atom. The van der Waals surface area contributed by atoms with Crippen molar-refractivity contribution in [3.8, 4) is 0 Å². The van der Waals surface area contributed by atoms with Crippen molar-refractivity contribution in [2.45, 2.75) is 49.3 Å². The minimum atomic E-state index is 0.176. The highest BCUT2D eigenvalue weighted by atomic mass is 32.2. The van der Waals surface area contributed by atoms with Crippen LogP contribution in [0.4, 0.5) is 5.69 Å². The van der Waals surface area contributed by atoms with Gasteiger partial charge in [0.1, 0.15) is 0 Å². The van der Waals surface area contributed by atoms with Crippen LogP contribution in [0.15, 0.2) is 23.1 Å². The molecule has 2 N–H and O–H groups in total. The number of anilines is 1. The first-order valence-corrected chi connectivity index (χ1v) is 7.47. The number of rotatable bonds is 1. The number of nitrogens with zero attached hydrogens (tertiary/aromatic N) is 1. The molecular weight excluding hydrogens is 240 g/mol. The SMILES string of the molecule is CC1C(CN)Sc2cccc(C(C)(C)C)c2N1C. The van der Waals surface area contributed by atoms with E-state index in [1.807, 2.05) is 11.8 Å². The quantitative estimate of drug-likeness (QED) is 0.844. The number of fused-ring (bicyclic) bond motifs is 1. The Morgan fingerprint density at radius 1 is 1.33 bits per heavy atom. The van der Waals surface area contributed by atoms with Crippen LogP contribution in [0.5, 0.6) is 0 Å². The zero-order valence-corrected chi connectivity index (χ0v) is 12.8. The molecule has 1 aliphatic rings. The number of hydrogen-bond donors (Lipinski definition) is 1. The topological polar surface area (TPSA) is 29.3 Å². The zero-order valence-electron chi connectivity index (χ0n) is 12.0. The Labute approximate surface area is 115 Å². The summed E-state index contributed by atoms with van der Waals surface area (Å²) in [5, 5.41) is 0.484. The van der Waals surface area contributed by atoms with Crippen LogP contribution in [0, 0.1) is 0 Å². The maximum atomic E-state index is 5.89. The van der Waals surface area contributed by atoms with Gasteiger partial charge in [-0.2, -0.15) is 0 Å². The smallest absolute Gasteiger partial charge is 0.0542 e. The van der Waals surface area contributed by atoms with E-state index in [4.69, 9.17) is 5.73 Å². The summed E-state index contributed by atoms with van der Waals surface area (Å²) in [5.74, 6) is 0. The second-order valence-electron chi connectivity index (χ2n) is 6.15. The minimum absolute atomic E-state index is 0.176. The number of nitrogens with two attached hydrogens (primary N) is 1. The maximum Gasteiger partial charge on any atom is 0.0542 e. The van der Waals surface area contributed by atoms with Gasteiger partial charge in [-0.15, -0.1) is 11.8 Å². The molecule has 0 radical (unpaired) electrons. The summed E-state index contributed by atoms with van der Waals surface area (Å²) in [7, 11) is 2.20. The first-order valence-electron chi connectivity index (χ1n) is 6.59. The molecule has 100 valence electrons. The Hall–Kier alpha value is -0.670. The number of thioether (sulfide) groups is 1. The van der Waals surface area contributed by atoms with E-state index >= 15 is 0 Å². The molecule has 0 bridgehead atoms. The third-order valence-corrected chi connectivity index (χ3v) is 5.29. The highest BCUT2D eigenvalue weighted by molar-refractivity contribution is 8.00. The molecule has 1 aromatic carbocycles. The number of para-hydroxylation sites is 1. The van der Waals surface area contributed by atoms with Crippen LogP contribution in [-0.2, 0) is 5.41 Å². The summed E-state index contributed by atoms with van der Waals surface area (Å²) < 4.78 is 0. The van der Waals surface area contributed by atoms with E-state index in [0.29, 0.717) is 11.3 Å². The predicted molar refractivity (Wildman–Crippen MR) is 81.7 cm³/mol. The van der Waals surface area contributed by atoms with Crippen molar-refractivity contribution in [3.63, 3.8) is 0 Å². The van der Waals surface area contributed by atoms with E-state index in [0.717, 1.165) is 6.54 Å². The Morgan fingerprint density at radius 3 is 2.56 bits per heavy atom. The lowest BCUT2D eigenvalue weighted by Crippen LogP contribution is -2.44. The highest BCUT2D eigenvalue weighted by Crippen LogP contribution is 2.45. The van der Waals surface area contributed by atoms with Crippen LogP contribution in [0.3, 0.4) is 0 Å². The lowest BCUT2D eigenvalue weighted by atomic mass is 9.85. The molecule has 2 unspecified atom stereocenters. The monoisotopic (exact) mass is 264 g/mol. The molecule has 0 saturated heterocycles. The van der Waals surface area contributed by atoms with Gasteiger partial charge in [-0.25, -0.2) is 0 Å². The lowest BCUT2D eigenvalue weighted by molar-refractivity contribution is 0.573. The van der Waals surface area contributed by atoms with Gasteiger partial charge in [0.05, 0.1) is 5.69 Å². The van der Waals surface area contributed by atoms with Gasteiger partial charge in [0.25, 0.3) is 0 Å². The van der Waals surface area contributed by atoms with Gasteiger partial charge in [-0.3, -0.25) is 0 Å². The maximum absolute atomic E-state index is 5.89. The normalized spacial score (nSPS) is 24.0. The predicted octanol–water partition coefficient (Wildman–Crippen LogP) is 3.24. The van der Waals surface area contributed by atoms with Crippen molar-refractivity contribution in [2.75, 3.05) is 18.5 Å². The van der Waals surface area contributed by atoms with Gasteiger partial charge in [0.2, 0.25) is 0 Å². The molecule has 1 aliphatic heterocycles. The van der Waals surface area contributed by atoms with Crippen molar-refractivity contribution in [3.05, 3.63) is 23.8 Å². The molecule has 0 amide bonds. The van der Waals surface area contributed by atoms with Gasteiger partial charge in [0.15, 0.2) is 0 Å². The summed E-state index contributed by atoms with van der Waals surface area (Å²) in [6.45, 7) is 9.84. The molecule has 0 fully saturated rings. The molecule has 2 atom stereocenters. The first kappa shape index (κ1) is 13.8. The second-order valence-corrected chi connectivity index (χ2v) is 7.43. The van der Waals surface area contributed by atoms with Gasteiger partial charge in [0, 0.05) is 29.8 Å². The average molecular weight is 264 g/mol. The van der Waals surface area contributed by atoms with Gasteiger partial charge in [-0.1, -0.05) is 32.9 Å². The van der Waals surface area contributed by atoms with Crippen LogP contribution in [0.1, 0.15) is 33.3 Å². The summed E-state index contributed by atoms with van der Waals surface area (Å²) in [5.41, 5.74) is 8.89. The van der Waals surface area contributed by atoms with Crippen molar-refractivity contribution in [1.29, 1.82) is 0 Å². The molecule has 0 aromatic heterocycles. The van der Waals surface area contributed by atoms with Crippen LogP contribution in [0.2, 0.25) is 0 Å². The lowest BCUT2D eigenvalue weighted by Gasteiger charge is -2.41. The largest absolute Gasteiger partial charge is 0.370 e. The Balaban J connectivity index is 2.54. The summed E-state index contributed by atoms with van der Waals surface area (Å²) in [6, 6.07) is 7.13. The Bertz CT molecular complexity index is 437. The summed E-state index contributed by atoms with van der Waals surface area (Å²) in [6.07, 6.45) is 0. The highest BCUT2D eigenvalue weighted by Gasteiger charge is 2.32. The molecular formula is C15H24N2S.